The average Bonchev–Trinajstić information content (AvgIpc) is 2.67. The molecule has 3 rings (SSSR count). The largest absolute Gasteiger partial charge is 0.439 e. The number of rotatable bonds is 7. The maximum absolute atomic E-state index is 12.0. The summed E-state index contributed by atoms with van der Waals surface area (Å²) in [4.78, 5) is 18.5. The molecule has 0 bridgehead atoms. The lowest BCUT2D eigenvalue weighted by molar-refractivity contribution is 0.0375. The summed E-state index contributed by atoms with van der Waals surface area (Å²) in [5, 5.41) is 5.67. The summed E-state index contributed by atoms with van der Waals surface area (Å²) < 4.78 is 11.0. The van der Waals surface area contributed by atoms with Gasteiger partial charge < -0.3 is 20.1 Å². The fourth-order valence-corrected chi connectivity index (χ4v) is 2.66. The van der Waals surface area contributed by atoms with Gasteiger partial charge >= 0.3 is 6.03 Å². The summed E-state index contributed by atoms with van der Waals surface area (Å²) in [5.74, 6) is 1.13. The predicted octanol–water partition coefficient (Wildman–Crippen LogP) is 2.72. The molecule has 2 amide bonds. The van der Waals surface area contributed by atoms with Crippen molar-refractivity contribution >= 4 is 11.7 Å². The van der Waals surface area contributed by atoms with Crippen molar-refractivity contribution in [2.24, 2.45) is 0 Å². The maximum atomic E-state index is 12.0. The second kappa shape index (κ2) is 9.74. The highest BCUT2D eigenvalue weighted by Gasteiger charge is 2.09. The first-order valence-electron chi connectivity index (χ1n) is 8.83. The third-order valence-corrected chi connectivity index (χ3v) is 4.00. The lowest BCUT2D eigenvalue weighted by Gasteiger charge is -2.26. The number of ether oxygens (including phenoxy) is 2. The molecular weight excluding hydrogens is 332 g/mol. The first-order chi connectivity index (χ1) is 12.8. The van der Waals surface area contributed by atoms with E-state index in [0.29, 0.717) is 23.9 Å². The van der Waals surface area contributed by atoms with Crippen molar-refractivity contribution in [3.05, 3.63) is 48.7 Å². The summed E-state index contributed by atoms with van der Waals surface area (Å²) in [6.45, 7) is 5.11. The van der Waals surface area contributed by atoms with E-state index in [2.05, 4.69) is 20.5 Å². The average molecular weight is 356 g/mol. The van der Waals surface area contributed by atoms with Crippen LogP contribution in [-0.2, 0) is 4.74 Å². The zero-order valence-corrected chi connectivity index (χ0v) is 14.7. The van der Waals surface area contributed by atoms with Crippen LogP contribution in [0.1, 0.15) is 6.42 Å². The van der Waals surface area contributed by atoms with E-state index in [1.807, 2.05) is 30.3 Å². The molecule has 1 aliphatic rings. The molecule has 0 spiro atoms. The van der Waals surface area contributed by atoms with Gasteiger partial charge in [-0.15, -0.1) is 0 Å². The van der Waals surface area contributed by atoms with Gasteiger partial charge in [-0.05, 0) is 31.2 Å². The summed E-state index contributed by atoms with van der Waals surface area (Å²) in [6, 6.07) is 12.6. The van der Waals surface area contributed by atoms with Gasteiger partial charge in [0, 0.05) is 37.6 Å². The minimum Gasteiger partial charge on any atom is -0.439 e. The van der Waals surface area contributed by atoms with E-state index in [1.165, 1.54) is 0 Å². The van der Waals surface area contributed by atoms with Gasteiger partial charge in [0.05, 0.1) is 13.2 Å². The second-order valence-electron chi connectivity index (χ2n) is 5.99. The standard InChI is InChI=1S/C19H24N4O3/c24-19(21-8-4-10-23-11-13-25-14-12-23)22-16-7-9-20-18(15-16)26-17-5-2-1-3-6-17/h1-3,5-7,9,15H,4,8,10-14H2,(H2,20,21,22,24). The first kappa shape index (κ1) is 18.2. The fourth-order valence-electron chi connectivity index (χ4n) is 2.66. The Morgan fingerprint density at radius 1 is 1.19 bits per heavy atom. The number of nitrogens with one attached hydrogen (secondary N) is 2. The van der Waals surface area contributed by atoms with Crippen molar-refractivity contribution in [1.29, 1.82) is 0 Å². The van der Waals surface area contributed by atoms with E-state index in [4.69, 9.17) is 9.47 Å². The van der Waals surface area contributed by atoms with E-state index in [-0.39, 0.29) is 6.03 Å². The molecule has 26 heavy (non-hydrogen) atoms. The van der Waals surface area contributed by atoms with Crippen LogP contribution in [0.25, 0.3) is 0 Å². The van der Waals surface area contributed by atoms with Crippen LogP contribution in [0.4, 0.5) is 10.5 Å². The van der Waals surface area contributed by atoms with Crippen molar-refractivity contribution in [1.82, 2.24) is 15.2 Å². The molecule has 2 aromatic rings. The van der Waals surface area contributed by atoms with Crippen LogP contribution in [0.3, 0.4) is 0 Å². The SMILES string of the molecule is O=C(NCCCN1CCOCC1)Nc1ccnc(Oc2ccccc2)c1. The van der Waals surface area contributed by atoms with Gasteiger partial charge in [0.1, 0.15) is 5.75 Å². The predicted molar refractivity (Wildman–Crippen MR) is 99.7 cm³/mol. The summed E-state index contributed by atoms with van der Waals surface area (Å²) in [5.41, 5.74) is 0.636. The van der Waals surface area contributed by atoms with Crippen LogP contribution in [-0.4, -0.2) is 55.3 Å². The normalized spacial score (nSPS) is 14.6. The van der Waals surface area contributed by atoms with Gasteiger partial charge in [-0.1, -0.05) is 18.2 Å². The van der Waals surface area contributed by atoms with Crippen LogP contribution in [0.2, 0.25) is 0 Å². The number of urea groups is 1. The second-order valence-corrected chi connectivity index (χ2v) is 5.99. The van der Waals surface area contributed by atoms with E-state index in [1.54, 1.807) is 18.3 Å². The number of carbonyl (C=O) groups excluding carboxylic acids is 1. The molecule has 0 unspecified atom stereocenters. The number of pyridine rings is 1. The molecule has 2 heterocycles. The number of benzene rings is 1. The van der Waals surface area contributed by atoms with Crippen LogP contribution in [0.5, 0.6) is 11.6 Å². The fraction of sp³-hybridized carbons (Fsp3) is 0.368. The number of anilines is 1. The highest BCUT2D eigenvalue weighted by Crippen LogP contribution is 2.21. The quantitative estimate of drug-likeness (QED) is 0.746. The van der Waals surface area contributed by atoms with Crippen LogP contribution < -0.4 is 15.4 Å². The third-order valence-electron chi connectivity index (χ3n) is 4.00. The van der Waals surface area contributed by atoms with Crippen molar-refractivity contribution in [3.63, 3.8) is 0 Å². The lowest BCUT2D eigenvalue weighted by Crippen LogP contribution is -2.38. The Kier molecular flexibility index (Phi) is 6.80. The molecule has 1 aliphatic heterocycles. The minimum absolute atomic E-state index is 0.233. The number of aromatic nitrogens is 1. The number of morpholine rings is 1. The molecule has 7 nitrogen and oxygen atoms in total. The zero-order chi connectivity index (χ0) is 18.0. The Hall–Kier alpha value is -2.64. The molecular formula is C19H24N4O3. The number of para-hydroxylation sites is 1. The van der Waals surface area contributed by atoms with E-state index >= 15 is 0 Å². The minimum atomic E-state index is -0.233. The van der Waals surface area contributed by atoms with Crippen LogP contribution >= 0.6 is 0 Å². The van der Waals surface area contributed by atoms with Crippen LogP contribution in [0, 0.1) is 0 Å². The molecule has 2 N–H and O–H groups in total. The third kappa shape index (κ3) is 6.02. The Bertz CT molecular complexity index is 690. The number of nitrogens with zero attached hydrogens (tertiary/aromatic N) is 2. The van der Waals surface area contributed by atoms with Crippen molar-refractivity contribution < 1.29 is 14.3 Å². The van der Waals surface area contributed by atoms with Gasteiger partial charge in [-0.2, -0.15) is 0 Å². The molecule has 7 heteroatoms. The molecule has 0 aliphatic carbocycles. The van der Waals surface area contributed by atoms with E-state index in [0.717, 1.165) is 39.3 Å². The molecule has 0 atom stereocenters. The smallest absolute Gasteiger partial charge is 0.319 e. The molecule has 0 saturated carbocycles. The highest BCUT2D eigenvalue weighted by molar-refractivity contribution is 5.89. The molecule has 1 aromatic carbocycles. The maximum Gasteiger partial charge on any atom is 0.319 e. The van der Waals surface area contributed by atoms with Crippen molar-refractivity contribution in [3.8, 4) is 11.6 Å². The summed E-state index contributed by atoms with van der Waals surface area (Å²) in [6.07, 6.45) is 2.51. The van der Waals surface area contributed by atoms with Gasteiger partial charge in [0.25, 0.3) is 0 Å². The lowest BCUT2D eigenvalue weighted by atomic mass is 10.3. The van der Waals surface area contributed by atoms with Crippen molar-refractivity contribution in [2.75, 3.05) is 44.7 Å². The first-order valence-corrected chi connectivity index (χ1v) is 8.83. The summed E-state index contributed by atoms with van der Waals surface area (Å²) >= 11 is 0. The number of hydrogen-bond donors (Lipinski definition) is 2. The molecule has 138 valence electrons. The number of hydrogen-bond acceptors (Lipinski definition) is 5. The monoisotopic (exact) mass is 356 g/mol. The van der Waals surface area contributed by atoms with Gasteiger partial charge in [0.2, 0.25) is 5.88 Å². The van der Waals surface area contributed by atoms with Crippen LogP contribution in [0.15, 0.2) is 48.7 Å². The van der Waals surface area contributed by atoms with E-state index < -0.39 is 0 Å². The van der Waals surface area contributed by atoms with Gasteiger partial charge in [-0.3, -0.25) is 4.90 Å². The van der Waals surface area contributed by atoms with Gasteiger partial charge in [0.15, 0.2) is 0 Å². The number of carbonyl (C=O) groups is 1. The molecule has 1 aromatic heterocycles. The Morgan fingerprint density at radius 2 is 2.00 bits per heavy atom. The zero-order valence-electron chi connectivity index (χ0n) is 14.7. The topological polar surface area (TPSA) is 75.7 Å². The number of amides is 2. The van der Waals surface area contributed by atoms with Crippen molar-refractivity contribution in [2.45, 2.75) is 6.42 Å². The van der Waals surface area contributed by atoms with E-state index in [9.17, 15) is 4.79 Å². The highest BCUT2D eigenvalue weighted by atomic mass is 16.5. The molecule has 0 radical (unpaired) electrons. The Morgan fingerprint density at radius 3 is 2.81 bits per heavy atom. The Labute approximate surface area is 153 Å². The molecule has 1 fully saturated rings. The van der Waals surface area contributed by atoms with Gasteiger partial charge in [-0.25, -0.2) is 9.78 Å². The molecule has 1 saturated heterocycles. The summed E-state index contributed by atoms with van der Waals surface area (Å²) in [7, 11) is 0. The Balaban J connectivity index is 1.40.